The molecule has 11 aromatic rings. The fourth-order valence-corrected chi connectivity index (χ4v) is 10.3. The third-order valence-corrected chi connectivity index (χ3v) is 13.6. The summed E-state index contributed by atoms with van der Waals surface area (Å²) < 4.78 is 0. The minimum Gasteiger partial charge on any atom is -0.311 e. The second-order valence-electron chi connectivity index (χ2n) is 17.3. The van der Waals surface area contributed by atoms with E-state index >= 15 is 0 Å². The summed E-state index contributed by atoms with van der Waals surface area (Å²) in [5, 5.41) is 2.51. The molecule has 0 N–H and O–H groups in total. The average Bonchev–Trinajstić information content (AvgIpc) is 3.70. The zero-order valence-electron chi connectivity index (χ0n) is 36.4. The van der Waals surface area contributed by atoms with E-state index in [0.29, 0.717) is 0 Å². The molecule has 1 aliphatic rings. The van der Waals surface area contributed by atoms with E-state index in [2.05, 4.69) is 278 Å². The maximum absolute atomic E-state index is 2.42. The van der Waals surface area contributed by atoms with Crippen LogP contribution in [-0.4, -0.2) is 0 Å². The highest BCUT2D eigenvalue weighted by Gasteiger charge is 2.46. The van der Waals surface area contributed by atoms with Crippen molar-refractivity contribution in [2.45, 2.75) is 5.41 Å². The normalized spacial score (nSPS) is 13.8. The molecule has 0 heterocycles. The van der Waals surface area contributed by atoms with Crippen molar-refractivity contribution < 1.29 is 0 Å². The van der Waals surface area contributed by atoms with Crippen molar-refractivity contribution in [1.29, 1.82) is 0 Å². The van der Waals surface area contributed by atoms with Crippen LogP contribution in [0.25, 0.3) is 66.4 Å². The van der Waals surface area contributed by atoms with Crippen LogP contribution < -0.4 is 4.90 Å². The molecule has 0 saturated carbocycles. The predicted molar refractivity (Wildman–Crippen MR) is 278 cm³/mol. The Hall–Kier alpha value is -8.52. The van der Waals surface area contributed by atoms with Gasteiger partial charge in [-0.3, -0.25) is 0 Å². The molecule has 0 aromatic heterocycles. The molecule has 1 unspecified atom stereocenters. The summed E-state index contributed by atoms with van der Waals surface area (Å²) in [4.78, 5) is 2.35. The summed E-state index contributed by atoms with van der Waals surface area (Å²) in [5.41, 5.74) is 20.1. The molecule has 0 amide bonds. The first-order valence-electron chi connectivity index (χ1n) is 22.8. The van der Waals surface area contributed by atoms with Gasteiger partial charge in [0.15, 0.2) is 0 Å². The molecular weight excluding hydrogens is 795 g/mol. The fourth-order valence-electron chi connectivity index (χ4n) is 10.3. The quantitative estimate of drug-likeness (QED) is 0.140. The maximum Gasteiger partial charge on any atom is 0.0713 e. The van der Waals surface area contributed by atoms with Gasteiger partial charge in [0.1, 0.15) is 0 Å². The Kier molecular flexibility index (Phi) is 9.81. The molecular formula is C65H45N. The Labute approximate surface area is 387 Å². The van der Waals surface area contributed by atoms with Gasteiger partial charge in [0.25, 0.3) is 0 Å². The summed E-state index contributed by atoms with van der Waals surface area (Å²) in [5.74, 6) is 0. The molecule has 0 bridgehead atoms. The van der Waals surface area contributed by atoms with E-state index in [1.54, 1.807) is 0 Å². The lowest BCUT2D eigenvalue weighted by molar-refractivity contribution is 0.768. The van der Waals surface area contributed by atoms with Crippen LogP contribution in [0.4, 0.5) is 17.1 Å². The molecule has 1 aliphatic carbocycles. The number of anilines is 3. The fraction of sp³-hybridized carbons (Fsp3) is 0.0154. The Morgan fingerprint density at radius 3 is 1.18 bits per heavy atom. The van der Waals surface area contributed by atoms with Gasteiger partial charge in [-0.15, -0.1) is 0 Å². The molecule has 1 heteroatoms. The van der Waals surface area contributed by atoms with Crippen molar-refractivity contribution in [1.82, 2.24) is 0 Å². The molecule has 310 valence electrons. The summed E-state index contributed by atoms with van der Waals surface area (Å²) in [6, 6.07) is 99.9. The SMILES string of the molecule is c1ccc(-c2ccc(N(c3ccc(-c4ccccc4)cc3)c3ccc(-c4ccc5c(c4)-c4ccccc4C5(c4ccccc4)c4ccc(-c5ccc6ccccc6c5)cc4)cc3)cc2)cc1. The van der Waals surface area contributed by atoms with Crippen LogP contribution in [0.3, 0.4) is 0 Å². The Bertz CT molecular complexity index is 3380. The summed E-state index contributed by atoms with van der Waals surface area (Å²) >= 11 is 0. The van der Waals surface area contributed by atoms with Crippen LogP contribution in [0, 0.1) is 0 Å². The van der Waals surface area contributed by atoms with E-state index in [1.165, 1.54) is 88.7 Å². The zero-order chi connectivity index (χ0) is 43.9. The summed E-state index contributed by atoms with van der Waals surface area (Å²) in [6.07, 6.45) is 0. The van der Waals surface area contributed by atoms with E-state index in [0.717, 1.165) is 17.1 Å². The van der Waals surface area contributed by atoms with Gasteiger partial charge in [-0.25, -0.2) is 0 Å². The molecule has 11 aromatic carbocycles. The molecule has 1 atom stereocenters. The molecule has 0 spiro atoms. The minimum absolute atomic E-state index is 0.482. The van der Waals surface area contributed by atoms with Crippen LogP contribution in [0.15, 0.2) is 273 Å². The van der Waals surface area contributed by atoms with E-state index in [9.17, 15) is 0 Å². The molecule has 0 saturated heterocycles. The van der Waals surface area contributed by atoms with Crippen LogP contribution >= 0.6 is 0 Å². The van der Waals surface area contributed by atoms with Crippen LogP contribution in [0.1, 0.15) is 22.3 Å². The minimum atomic E-state index is -0.482. The van der Waals surface area contributed by atoms with Gasteiger partial charge in [0, 0.05) is 17.1 Å². The second kappa shape index (κ2) is 16.6. The van der Waals surface area contributed by atoms with Gasteiger partial charge in [0.05, 0.1) is 5.41 Å². The third-order valence-electron chi connectivity index (χ3n) is 13.6. The lowest BCUT2D eigenvalue weighted by Crippen LogP contribution is -2.28. The predicted octanol–water partition coefficient (Wildman–Crippen LogP) is 17.3. The van der Waals surface area contributed by atoms with Crippen molar-refractivity contribution in [2.75, 3.05) is 4.90 Å². The summed E-state index contributed by atoms with van der Waals surface area (Å²) in [6.45, 7) is 0. The zero-order valence-corrected chi connectivity index (χ0v) is 36.4. The molecule has 0 fully saturated rings. The largest absolute Gasteiger partial charge is 0.311 e. The summed E-state index contributed by atoms with van der Waals surface area (Å²) in [7, 11) is 0. The number of hydrogen-bond acceptors (Lipinski definition) is 1. The number of fused-ring (bicyclic) bond motifs is 4. The van der Waals surface area contributed by atoms with Gasteiger partial charge in [-0.1, -0.05) is 224 Å². The standard InChI is InChI=1S/C65H45N/c1-4-14-46(15-5-1)49-28-37-58(38-29-49)66(59-39-30-50(31-40-59)47-16-6-2-7-17-47)60-41-32-52(33-42-60)55-34-43-64-62(45-55)61-22-12-13-23-63(61)65(64,56-20-8-3-9-21-56)57-35-26-51(27-36-57)54-25-24-48-18-10-11-19-53(48)44-54/h1-45H. The van der Waals surface area contributed by atoms with Gasteiger partial charge in [-0.05, 0) is 137 Å². The second-order valence-corrected chi connectivity index (χ2v) is 17.3. The highest BCUT2D eigenvalue weighted by Crippen LogP contribution is 2.57. The number of rotatable bonds is 9. The van der Waals surface area contributed by atoms with Crippen molar-refractivity contribution in [3.05, 3.63) is 295 Å². The molecule has 1 nitrogen and oxygen atoms in total. The van der Waals surface area contributed by atoms with E-state index in [-0.39, 0.29) is 0 Å². The van der Waals surface area contributed by atoms with E-state index < -0.39 is 5.41 Å². The Morgan fingerprint density at radius 2 is 0.606 bits per heavy atom. The number of hydrogen-bond donors (Lipinski definition) is 0. The first-order valence-corrected chi connectivity index (χ1v) is 22.8. The topological polar surface area (TPSA) is 3.24 Å². The molecule has 12 rings (SSSR count). The third kappa shape index (κ3) is 6.81. The smallest absolute Gasteiger partial charge is 0.0713 e. The van der Waals surface area contributed by atoms with E-state index in [1.807, 2.05) is 0 Å². The molecule has 0 radical (unpaired) electrons. The van der Waals surface area contributed by atoms with Crippen molar-refractivity contribution in [2.24, 2.45) is 0 Å². The number of benzene rings is 11. The highest BCUT2D eigenvalue weighted by molar-refractivity contribution is 5.91. The van der Waals surface area contributed by atoms with Crippen molar-refractivity contribution in [3.63, 3.8) is 0 Å². The number of nitrogens with zero attached hydrogens (tertiary/aromatic N) is 1. The monoisotopic (exact) mass is 839 g/mol. The van der Waals surface area contributed by atoms with Gasteiger partial charge in [-0.2, -0.15) is 0 Å². The van der Waals surface area contributed by atoms with Crippen LogP contribution in [-0.2, 0) is 5.41 Å². The van der Waals surface area contributed by atoms with Gasteiger partial charge < -0.3 is 4.90 Å². The van der Waals surface area contributed by atoms with Crippen molar-refractivity contribution in [3.8, 4) is 55.6 Å². The van der Waals surface area contributed by atoms with Crippen molar-refractivity contribution >= 4 is 27.8 Å². The van der Waals surface area contributed by atoms with E-state index in [4.69, 9.17) is 0 Å². The molecule has 66 heavy (non-hydrogen) atoms. The van der Waals surface area contributed by atoms with Crippen LogP contribution in [0.2, 0.25) is 0 Å². The average molecular weight is 840 g/mol. The molecule has 0 aliphatic heterocycles. The highest BCUT2D eigenvalue weighted by atomic mass is 15.1. The van der Waals surface area contributed by atoms with Crippen LogP contribution in [0.5, 0.6) is 0 Å². The Morgan fingerprint density at radius 1 is 0.227 bits per heavy atom. The Balaban J connectivity index is 0.927. The lowest BCUT2D eigenvalue weighted by Gasteiger charge is -2.34. The maximum atomic E-state index is 2.42. The first-order chi connectivity index (χ1) is 32.7. The van der Waals surface area contributed by atoms with Gasteiger partial charge >= 0.3 is 0 Å². The first kappa shape index (κ1) is 39.1. The van der Waals surface area contributed by atoms with Gasteiger partial charge in [0.2, 0.25) is 0 Å². The lowest BCUT2D eigenvalue weighted by atomic mass is 9.67.